The number of nitrogens with one attached hydrogen (secondary N) is 1. The molecule has 3 N–H and O–H groups in total. The Morgan fingerprint density at radius 1 is 0.567 bits per heavy atom. The van der Waals surface area contributed by atoms with Gasteiger partial charge in [0.25, 0.3) is 0 Å². The van der Waals surface area contributed by atoms with Crippen molar-refractivity contribution in [2.45, 2.75) is 231 Å². The number of allylic oxidation sites excluding steroid dienone is 7. The lowest BCUT2D eigenvalue weighted by Gasteiger charge is -2.25. The van der Waals surface area contributed by atoms with Gasteiger partial charge in [-0.05, 0) is 64.2 Å². The molecule has 0 rings (SSSR count). The molecular weight excluding hydrogens is 768 g/mol. The summed E-state index contributed by atoms with van der Waals surface area (Å²) < 4.78 is 23.6. The van der Waals surface area contributed by atoms with Crippen LogP contribution in [-0.2, 0) is 18.4 Å². The molecule has 0 fully saturated rings. The van der Waals surface area contributed by atoms with Crippen LogP contribution in [0.3, 0.4) is 0 Å². The second-order valence-electron chi connectivity index (χ2n) is 18.2. The maximum Gasteiger partial charge on any atom is 0.472 e. The zero-order valence-corrected chi connectivity index (χ0v) is 40.8. The number of likely N-dealkylation sites (N-methyl/N-ethyl adjacent to an activating group) is 1. The zero-order valence-electron chi connectivity index (χ0n) is 39.9. The normalized spacial score (nSPS) is 14.6. The third-order valence-electron chi connectivity index (χ3n) is 11.0. The summed E-state index contributed by atoms with van der Waals surface area (Å²) in [4.78, 5) is 23.2. The summed E-state index contributed by atoms with van der Waals surface area (Å²) in [6, 6.07) is -0.868. The Hall–Kier alpha value is -1.54. The second-order valence-corrected chi connectivity index (χ2v) is 19.6. The highest BCUT2D eigenvalue weighted by Crippen LogP contribution is 2.43. The fraction of sp³-hybridized carbons (Fsp3) is 0.824. The fourth-order valence-electron chi connectivity index (χ4n) is 7.03. The molecule has 9 heteroatoms. The standard InChI is InChI=1S/C51H97N2O6P/c1-6-8-10-12-14-16-18-20-22-24-25-26-27-29-30-32-34-36-38-40-42-44-50(54)49(48-59-60(56,57)58-47-46-53(3,4)5)52-51(55)45-43-41-39-37-35-33-31-28-23-21-19-17-15-13-11-9-7-2/h15,17,21,23,34,36,42,44,49-50,54H,6-14,16,18-20,22,24-33,35,37-41,43,45-48H2,1-5H3,(H-,52,55,56,57)/p+1/b17-15-,23-21-,36-34+,44-42+. The van der Waals surface area contributed by atoms with Crippen LogP contribution in [0.25, 0.3) is 0 Å². The van der Waals surface area contributed by atoms with E-state index >= 15 is 0 Å². The molecule has 8 nitrogen and oxygen atoms in total. The summed E-state index contributed by atoms with van der Waals surface area (Å²) in [5.41, 5.74) is 0. The van der Waals surface area contributed by atoms with Gasteiger partial charge in [0.2, 0.25) is 5.91 Å². The first-order valence-corrected chi connectivity index (χ1v) is 26.5. The summed E-state index contributed by atoms with van der Waals surface area (Å²) in [6.45, 7) is 4.77. The minimum Gasteiger partial charge on any atom is -0.387 e. The average Bonchev–Trinajstić information content (AvgIpc) is 3.20. The van der Waals surface area contributed by atoms with E-state index in [9.17, 15) is 19.4 Å². The molecule has 60 heavy (non-hydrogen) atoms. The smallest absolute Gasteiger partial charge is 0.387 e. The quantitative estimate of drug-likeness (QED) is 0.0244. The first kappa shape index (κ1) is 58.5. The second kappa shape index (κ2) is 42.7. The van der Waals surface area contributed by atoms with Gasteiger partial charge in [-0.25, -0.2) is 4.57 Å². The van der Waals surface area contributed by atoms with E-state index in [0.29, 0.717) is 17.4 Å². The largest absolute Gasteiger partial charge is 0.472 e. The van der Waals surface area contributed by atoms with Crippen molar-refractivity contribution in [1.29, 1.82) is 0 Å². The van der Waals surface area contributed by atoms with E-state index in [2.05, 4.69) is 55.6 Å². The van der Waals surface area contributed by atoms with Crippen LogP contribution in [0.4, 0.5) is 0 Å². The molecule has 0 radical (unpaired) electrons. The molecule has 0 aliphatic heterocycles. The van der Waals surface area contributed by atoms with Gasteiger partial charge < -0.3 is 19.8 Å². The van der Waals surface area contributed by atoms with Crippen molar-refractivity contribution in [3.63, 3.8) is 0 Å². The summed E-state index contributed by atoms with van der Waals surface area (Å²) >= 11 is 0. The number of phosphoric acid groups is 1. The van der Waals surface area contributed by atoms with Crippen molar-refractivity contribution in [3.8, 4) is 0 Å². The maximum absolute atomic E-state index is 12.9. The lowest BCUT2D eigenvalue weighted by Crippen LogP contribution is -2.45. The maximum atomic E-state index is 12.9. The van der Waals surface area contributed by atoms with Gasteiger partial charge in [-0.2, -0.15) is 0 Å². The molecule has 3 unspecified atom stereocenters. The van der Waals surface area contributed by atoms with Crippen molar-refractivity contribution in [3.05, 3.63) is 48.6 Å². The Balaban J connectivity index is 4.39. The van der Waals surface area contributed by atoms with Gasteiger partial charge in [0.15, 0.2) is 0 Å². The number of unbranched alkanes of at least 4 members (excludes halogenated alkanes) is 26. The number of rotatable bonds is 45. The summed E-state index contributed by atoms with van der Waals surface area (Å²) in [5.74, 6) is -0.195. The number of hydrogen-bond acceptors (Lipinski definition) is 5. The predicted molar refractivity (Wildman–Crippen MR) is 258 cm³/mol. The molecule has 1 amide bonds. The molecule has 0 heterocycles. The van der Waals surface area contributed by atoms with Crippen LogP contribution in [0.2, 0.25) is 0 Å². The Morgan fingerprint density at radius 3 is 1.47 bits per heavy atom. The van der Waals surface area contributed by atoms with Crippen LogP contribution in [-0.4, -0.2) is 73.4 Å². The number of amides is 1. The number of hydrogen-bond donors (Lipinski definition) is 3. The van der Waals surface area contributed by atoms with Crippen LogP contribution < -0.4 is 5.32 Å². The minimum absolute atomic E-state index is 0.0535. The van der Waals surface area contributed by atoms with Gasteiger partial charge >= 0.3 is 7.82 Å². The highest BCUT2D eigenvalue weighted by atomic mass is 31.2. The van der Waals surface area contributed by atoms with E-state index in [4.69, 9.17) is 9.05 Å². The molecule has 0 aromatic rings. The highest BCUT2D eigenvalue weighted by molar-refractivity contribution is 7.47. The Bertz CT molecular complexity index is 1120. The molecule has 352 valence electrons. The van der Waals surface area contributed by atoms with E-state index in [-0.39, 0.29) is 19.1 Å². The average molecular weight is 866 g/mol. The molecule has 0 aliphatic rings. The molecule has 3 atom stereocenters. The van der Waals surface area contributed by atoms with Gasteiger partial charge in [-0.1, -0.05) is 197 Å². The monoisotopic (exact) mass is 866 g/mol. The molecule has 0 saturated heterocycles. The first-order chi connectivity index (χ1) is 29.0. The highest BCUT2D eigenvalue weighted by Gasteiger charge is 2.27. The fourth-order valence-corrected chi connectivity index (χ4v) is 7.76. The van der Waals surface area contributed by atoms with Gasteiger partial charge in [0, 0.05) is 6.42 Å². The van der Waals surface area contributed by atoms with Crippen molar-refractivity contribution in [2.75, 3.05) is 40.9 Å². The van der Waals surface area contributed by atoms with E-state index in [1.807, 2.05) is 27.2 Å². The van der Waals surface area contributed by atoms with E-state index in [1.165, 1.54) is 148 Å². The van der Waals surface area contributed by atoms with Gasteiger partial charge in [-0.3, -0.25) is 13.8 Å². The van der Waals surface area contributed by atoms with E-state index in [1.54, 1.807) is 6.08 Å². The van der Waals surface area contributed by atoms with Crippen LogP contribution in [0.1, 0.15) is 219 Å². The van der Waals surface area contributed by atoms with Crippen molar-refractivity contribution < 1.29 is 32.9 Å². The number of aliphatic hydroxyl groups excluding tert-OH is 1. The Labute approximate surface area is 371 Å². The summed E-state index contributed by atoms with van der Waals surface area (Å²) in [6.07, 6.45) is 54.8. The lowest BCUT2D eigenvalue weighted by atomic mass is 10.0. The van der Waals surface area contributed by atoms with E-state index in [0.717, 1.165) is 51.4 Å². The number of phosphoric ester groups is 1. The van der Waals surface area contributed by atoms with Crippen LogP contribution in [0.15, 0.2) is 48.6 Å². The van der Waals surface area contributed by atoms with Gasteiger partial charge in [0.1, 0.15) is 13.2 Å². The molecule has 0 aromatic carbocycles. The topological polar surface area (TPSA) is 105 Å². The number of nitrogens with zero attached hydrogens (tertiary/aromatic N) is 1. The first-order valence-electron chi connectivity index (χ1n) is 25.0. The zero-order chi connectivity index (χ0) is 44.3. The van der Waals surface area contributed by atoms with Crippen molar-refractivity contribution >= 4 is 13.7 Å². The van der Waals surface area contributed by atoms with Gasteiger partial charge in [0.05, 0.1) is 39.9 Å². The molecule has 0 saturated carbocycles. The molecule has 0 bridgehead atoms. The Kier molecular flexibility index (Phi) is 41.6. The van der Waals surface area contributed by atoms with Gasteiger partial charge in [-0.15, -0.1) is 0 Å². The third kappa shape index (κ3) is 44.5. The lowest BCUT2D eigenvalue weighted by molar-refractivity contribution is -0.870. The number of carbonyl (C=O) groups excluding carboxylic acids is 1. The SMILES string of the molecule is CCCCC/C=C\C/C=C\CCCCCCCCCC(=O)NC(COP(=O)(O)OCC[N+](C)(C)C)C(O)/C=C/CC/C=C/CCCCCCCCCCCCCCCCC. The number of carbonyl (C=O) groups is 1. The molecule has 0 aliphatic carbocycles. The number of quaternary nitrogens is 1. The van der Waals surface area contributed by atoms with Crippen molar-refractivity contribution in [1.82, 2.24) is 5.32 Å². The summed E-state index contributed by atoms with van der Waals surface area (Å²) in [5, 5.41) is 13.9. The van der Waals surface area contributed by atoms with E-state index < -0.39 is 20.0 Å². The molecular formula is C51H98N2O6P+. The predicted octanol–water partition coefficient (Wildman–Crippen LogP) is 14.4. The molecule has 0 aromatic heterocycles. The Morgan fingerprint density at radius 2 is 0.967 bits per heavy atom. The van der Waals surface area contributed by atoms with Crippen LogP contribution >= 0.6 is 7.82 Å². The summed E-state index contributed by atoms with van der Waals surface area (Å²) in [7, 11) is 1.55. The van der Waals surface area contributed by atoms with Crippen molar-refractivity contribution in [2.24, 2.45) is 0 Å². The van der Waals surface area contributed by atoms with Crippen LogP contribution in [0, 0.1) is 0 Å². The number of aliphatic hydroxyl groups is 1. The molecule has 0 spiro atoms. The third-order valence-corrected chi connectivity index (χ3v) is 12.0. The van der Waals surface area contributed by atoms with Crippen LogP contribution in [0.5, 0.6) is 0 Å². The minimum atomic E-state index is -4.35.